The van der Waals surface area contributed by atoms with Crippen molar-refractivity contribution < 1.29 is 9.59 Å². The molecule has 0 radical (unpaired) electrons. The van der Waals surface area contributed by atoms with E-state index < -0.39 is 0 Å². The van der Waals surface area contributed by atoms with Gasteiger partial charge >= 0.3 is 0 Å². The Hall–Kier alpha value is -2.86. The molecule has 2 amide bonds. The Balaban J connectivity index is 1.46. The summed E-state index contributed by atoms with van der Waals surface area (Å²) in [7, 11) is 1.69. The maximum absolute atomic E-state index is 12.6. The van der Waals surface area contributed by atoms with E-state index in [1.165, 1.54) is 16.2 Å². The average molecular weight is 409 g/mol. The Kier molecular flexibility index (Phi) is 7.11. The highest BCUT2D eigenvalue weighted by Gasteiger charge is 2.22. The molecule has 1 aliphatic rings. The van der Waals surface area contributed by atoms with Crippen molar-refractivity contribution in [2.24, 2.45) is 0 Å². The fourth-order valence-corrected chi connectivity index (χ4v) is 3.74. The van der Waals surface area contributed by atoms with Crippen molar-refractivity contribution in [3.05, 3.63) is 59.2 Å². The van der Waals surface area contributed by atoms with E-state index in [-0.39, 0.29) is 18.4 Å². The van der Waals surface area contributed by atoms with Gasteiger partial charge < -0.3 is 15.1 Å². The Morgan fingerprint density at radius 2 is 1.67 bits per heavy atom. The van der Waals surface area contributed by atoms with Crippen LogP contribution in [0, 0.1) is 20.8 Å². The zero-order valence-electron chi connectivity index (χ0n) is 18.4. The second-order valence-corrected chi connectivity index (χ2v) is 8.17. The number of hydrogen-bond acceptors (Lipinski definition) is 4. The fourth-order valence-electron chi connectivity index (χ4n) is 3.74. The molecule has 1 aliphatic heterocycles. The third-order valence-electron chi connectivity index (χ3n) is 5.66. The van der Waals surface area contributed by atoms with Crippen LogP contribution in [0.5, 0.6) is 0 Å². The van der Waals surface area contributed by atoms with E-state index in [2.05, 4.69) is 46.3 Å². The predicted octanol–water partition coefficient (Wildman–Crippen LogP) is 2.83. The molecule has 2 aromatic carbocycles. The van der Waals surface area contributed by atoms with E-state index in [4.69, 9.17) is 0 Å². The summed E-state index contributed by atoms with van der Waals surface area (Å²) in [4.78, 5) is 31.0. The third kappa shape index (κ3) is 5.60. The zero-order valence-corrected chi connectivity index (χ0v) is 18.4. The van der Waals surface area contributed by atoms with E-state index in [0.717, 1.165) is 43.0 Å². The topological polar surface area (TPSA) is 55.9 Å². The van der Waals surface area contributed by atoms with Gasteiger partial charge in [0.1, 0.15) is 0 Å². The molecule has 160 valence electrons. The van der Waals surface area contributed by atoms with E-state index in [9.17, 15) is 9.59 Å². The van der Waals surface area contributed by atoms with Crippen LogP contribution in [-0.2, 0) is 9.59 Å². The van der Waals surface area contributed by atoms with Crippen LogP contribution in [-0.4, -0.2) is 67.9 Å². The number of carbonyl (C=O) groups excluding carboxylic acids is 2. The number of aryl methyl sites for hydroxylation is 3. The molecule has 0 bridgehead atoms. The van der Waals surface area contributed by atoms with Crippen molar-refractivity contribution >= 4 is 23.2 Å². The normalized spacial score (nSPS) is 14.5. The summed E-state index contributed by atoms with van der Waals surface area (Å²) in [5, 5.41) is 2.92. The van der Waals surface area contributed by atoms with Crippen molar-refractivity contribution in [1.29, 1.82) is 0 Å². The molecular formula is C24H32N4O2. The summed E-state index contributed by atoms with van der Waals surface area (Å²) in [5.74, 6) is -0.209. The number of amides is 2. The molecule has 0 saturated carbocycles. The SMILES string of the molecule is Cc1ccc(C)c(NC(=O)CN(C)C(=O)CN2CCN(c3ccccc3C)CC2)c1. The standard InChI is InChI=1S/C24H32N4O2/c1-18-9-10-19(2)21(15-18)25-23(29)16-26(4)24(30)17-27-11-13-28(14-12-27)22-8-6-5-7-20(22)3/h5-10,15H,11-14,16-17H2,1-4H3,(H,25,29). The summed E-state index contributed by atoms with van der Waals surface area (Å²) < 4.78 is 0. The van der Waals surface area contributed by atoms with E-state index >= 15 is 0 Å². The lowest BCUT2D eigenvalue weighted by atomic mass is 10.1. The largest absolute Gasteiger partial charge is 0.369 e. The van der Waals surface area contributed by atoms with Gasteiger partial charge in [-0.1, -0.05) is 30.3 Å². The number of anilines is 2. The molecule has 0 aliphatic carbocycles. The van der Waals surface area contributed by atoms with Gasteiger partial charge in [-0.05, 0) is 49.6 Å². The molecule has 1 fully saturated rings. The van der Waals surface area contributed by atoms with E-state index in [0.29, 0.717) is 6.54 Å². The van der Waals surface area contributed by atoms with Crippen LogP contribution >= 0.6 is 0 Å². The second kappa shape index (κ2) is 9.76. The minimum Gasteiger partial charge on any atom is -0.369 e. The van der Waals surface area contributed by atoms with Gasteiger partial charge in [-0.15, -0.1) is 0 Å². The van der Waals surface area contributed by atoms with Gasteiger partial charge in [0.25, 0.3) is 0 Å². The van der Waals surface area contributed by atoms with Gasteiger partial charge in [0, 0.05) is 44.6 Å². The quantitative estimate of drug-likeness (QED) is 0.799. The number of hydrogen-bond donors (Lipinski definition) is 1. The van der Waals surface area contributed by atoms with Gasteiger partial charge in [0.2, 0.25) is 11.8 Å². The lowest BCUT2D eigenvalue weighted by Gasteiger charge is -2.37. The maximum Gasteiger partial charge on any atom is 0.243 e. The molecule has 1 saturated heterocycles. The third-order valence-corrected chi connectivity index (χ3v) is 5.66. The van der Waals surface area contributed by atoms with E-state index in [1.807, 2.05) is 32.0 Å². The van der Waals surface area contributed by atoms with Crippen LogP contribution in [0.25, 0.3) is 0 Å². The highest BCUT2D eigenvalue weighted by Crippen LogP contribution is 2.21. The summed E-state index contributed by atoms with van der Waals surface area (Å²) in [6.07, 6.45) is 0. The predicted molar refractivity (Wildman–Crippen MR) is 122 cm³/mol. The number of nitrogens with zero attached hydrogens (tertiary/aromatic N) is 3. The molecule has 0 spiro atoms. The van der Waals surface area contributed by atoms with Crippen LogP contribution in [0.1, 0.15) is 16.7 Å². The summed E-state index contributed by atoms with van der Waals surface area (Å²) >= 11 is 0. The smallest absolute Gasteiger partial charge is 0.243 e. The molecule has 2 aromatic rings. The molecule has 6 heteroatoms. The molecule has 30 heavy (non-hydrogen) atoms. The highest BCUT2D eigenvalue weighted by atomic mass is 16.2. The Labute approximate surface area is 179 Å². The summed E-state index contributed by atoms with van der Waals surface area (Å²) in [5.41, 5.74) is 5.44. The van der Waals surface area contributed by atoms with Gasteiger partial charge in [-0.2, -0.15) is 0 Å². The van der Waals surface area contributed by atoms with Crippen molar-refractivity contribution in [3.63, 3.8) is 0 Å². The molecule has 1 heterocycles. The first-order valence-corrected chi connectivity index (χ1v) is 10.5. The molecule has 1 N–H and O–H groups in total. The summed E-state index contributed by atoms with van der Waals surface area (Å²) in [6.45, 7) is 9.94. The lowest BCUT2D eigenvalue weighted by molar-refractivity contribution is -0.134. The molecule has 3 rings (SSSR count). The second-order valence-electron chi connectivity index (χ2n) is 8.17. The monoisotopic (exact) mass is 408 g/mol. The number of likely N-dealkylation sites (N-methyl/N-ethyl adjacent to an activating group) is 1. The summed E-state index contributed by atoms with van der Waals surface area (Å²) in [6, 6.07) is 14.3. The van der Waals surface area contributed by atoms with Gasteiger partial charge in [-0.3, -0.25) is 14.5 Å². The van der Waals surface area contributed by atoms with Crippen LogP contribution < -0.4 is 10.2 Å². The molecular weight excluding hydrogens is 376 g/mol. The number of benzene rings is 2. The first kappa shape index (κ1) is 21.8. The number of carbonyl (C=O) groups is 2. The Morgan fingerprint density at radius 3 is 2.37 bits per heavy atom. The average Bonchev–Trinajstić information content (AvgIpc) is 2.71. The Bertz CT molecular complexity index is 904. The van der Waals surface area contributed by atoms with Crippen LogP contribution in [0.2, 0.25) is 0 Å². The maximum atomic E-state index is 12.6. The lowest BCUT2D eigenvalue weighted by Crippen LogP contribution is -2.50. The number of nitrogens with one attached hydrogen (secondary N) is 1. The van der Waals surface area contributed by atoms with Crippen LogP contribution in [0.3, 0.4) is 0 Å². The Morgan fingerprint density at radius 1 is 0.967 bits per heavy atom. The first-order chi connectivity index (χ1) is 14.3. The number of rotatable bonds is 6. The van der Waals surface area contributed by atoms with Gasteiger partial charge in [0.05, 0.1) is 13.1 Å². The molecule has 0 aromatic heterocycles. The fraction of sp³-hybridized carbons (Fsp3) is 0.417. The van der Waals surface area contributed by atoms with Crippen molar-refractivity contribution in [2.45, 2.75) is 20.8 Å². The first-order valence-electron chi connectivity index (χ1n) is 10.5. The van der Waals surface area contributed by atoms with Crippen LogP contribution in [0.4, 0.5) is 11.4 Å². The highest BCUT2D eigenvalue weighted by molar-refractivity contribution is 5.95. The minimum absolute atomic E-state index is 0.0320. The molecule has 6 nitrogen and oxygen atoms in total. The van der Waals surface area contributed by atoms with Crippen LogP contribution in [0.15, 0.2) is 42.5 Å². The molecule has 0 atom stereocenters. The van der Waals surface area contributed by atoms with E-state index in [1.54, 1.807) is 7.05 Å². The van der Waals surface area contributed by atoms with Crippen molar-refractivity contribution in [1.82, 2.24) is 9.80 Å². The number of piperazine rings is 1. The zero-order chi connectivity index (χ0) is 21.7. The number of para-hydroxylation sites is 1. The van der Waals surface area contributed by atoms with Crippen molar-refractivity contribution in [2.75, 3.05) is 56.5 Å². The van der Waals surface area contributed by atoms with Crippen molar-refractivity contribution in [3.8, 4) is 0 Å². The van der Waals surface area contributed by atoms with Gasteiger partial charge in [-0.25, -0.2) is 0 Å². The minimum atomic E-state index is -0.177. The molecule has 0 unspecified atom stereocenters. The van der Waals surface area contributed by atoms with Gasteiger partial charge in [0.15, 0.2) is 0 Å².